The fraction of sp³-hybridized carbons (Fsp3) is 1.00. The molecule has 2 nitrogen and oxygen atoms in total. The standard InChI is InChI=1S/C15H30N2/c1-4-14-5-8-16(11-14)12-15-6-9-17(10-7-15)13(2)3/h13-15H,4-12H2,1-3H3. The Labute approximate surface area is 107 Å². The van der Waals surface area contributed by atoms with E-state index in [1.54, 1.807) is 0 Å². The maximum absolute atomic E-state index is 2.73. The lowest BCUT2D eigenvalue weighted by Gasteiger charge is -2.36. The SMILES string of the molecule is CCC1CCN(CC2CCN(C(C)C)CC2)C1. The molecule has 2 aliphatic heterocycles. The van der Waals surface area contributed by atoms with Crippen LogP contribution in [0.2, 0.25) is 0 Å². The lowest BCUT2D eigenvalue weighted by atomic mass is 9.95. The average Bonchev–Trinajstić information content (AvgIpc) is 2.77. The summed E-state index contributed by atoms with van der Waals surface area (Å²) in [4.78, 5) is 5.36. The highest BCUT2D eigenvalue weighted by atomic mass is 15.2. The first kappa shape index (κ1) is 13.4. The molecule has 2 heteroatoms. The van der Waals surface area contributed by atoms with Gasteiger partial charge in [-0.1, -0.05) is 13.3 Å². The van der Waals surface area contributed by atoms with Gasteiger partial charge in [-0.3, -0.25) is 0 Å². The van der Waals surface area contributed by atoms with Crippen molar-refractivity contribution in [3.63, 3.8) is 0 Å². The predicted molar refractivity (Wildman–Crippen MR) is 74.3 cm³/mol. The molecule has 2 heterocycles. The second kappa shape index (κ2) is 6.19. The van der Waals surface area contributed by atoms with Gasteiger partial charge in [0.2, 0.25) is 0 Å². The summed E-state index contributed by atoms with van der Waals surface area (Å²) >= 11 is 0. The topological polar surface area (TPSA) is 6.48 Å². The number of hydrogen-bond donors (Lipinski definition) is 0. The Morgan fingerprint density at radius 1 is 1.00 bits per heavy atom. The molecule has 2 aliphatic rings. The third-order valence-corrected chi connectivity index (χ3v) is 4.84. The largest absolute Gasteiger partial charge is 0.303 e. The van der Waals surface area contributed by atoms with Crippen molar-refractivity contribution >= 4 is 0 Å². The molecule has 0 bridgehead atoms. The van der Waals surface area contributed by atoms with E-state index in [2.05, 4.69) is 30.6 Å². The summed E-state index contributed by atoms with van der Waals surface area (Å²) in [6.45, 7) is 13.8. The fourth-order valence-corrected chi connectivity index (χ4v) is 3.43. The molecule has 0 amide bonds. The molecule has 0 spiro atoms. The van der Waals surface area contributed by atoms with Crippen molar-refractivity contribution in [2.45, 2.75) is 52.5 Å². The van der Waals surface area contributed by atoms with E-state index in [1.165, 1.54) is 58.4 Å². The van der Waals surface area contributed by atoms with Gasteiger partial charge in [0.1, 0.15) is 0 Å². The van der Waals surface area contributed by atoms with Gasteiger partial charge >= 0.3 is 0 Å². The van der Waals surface area contributed by atoms with E-state index < -0.39 is 0 Å². The van der Waals surface area contributed by atoms with Gasteiger partial charge < -0.3 is 9.80 Å². The third kappa shape index (κ3) is 3.69. The molecular weight excluding hydrogens is 208 g/mol. The molecule has 100 valence electrons. The first-order chi connectivity index (χ1) is 8.19. The van der Waals surface area contributed by atoms with Crippen LogP contribution in [0.25, 0.3) is 0 Å². The summed E-state index contributed by atoms with van der Waals surface area (Å²) in [6.07, 6.45) is 5.67. The van der Waals surface area contributed by atoms with Crippen LogP contribution < -0.4 is 0 Å². The third-order valence-electron chi connectivity index (χ3n) is 4.84. The Bertz CT molecular complexity index is 219. The molecule has 0 saturated carbocycles. The van der Waals surface area contributed by atoms with Crippen molar-refractivity contribution < 1.29 is 0 Å². The van der Waals surface area contributed by atoms with Gasteiger partial charge in [-0.05, 0) is 64.6 Å². The van der Waals surface area contributed by atoms with Crippen LogP contribution in [0, 0.1) is 11.8 Å². The Morgan fingerprint density at radius 2 is 1.65 bits per heavy atom. The molecule has 0 aliphatic carbocycles. The molecule has 1 atom stereocenters. The molecule has 0 aromatic carbocycles. The van der Waals surface area contributed by atoms with Gasteiger partial charge in [0, 0.05) is 19.1 Å². The zero-order valence-electron chi connectivity index (χ0n) is 12.0. The van der Waals surface area contributed by atoms with Gasteiger partial charge in [-0.2, -0.15) is 0 Å². The van der Waals surface area contributed by atoms with Crippen molar-refractivity contribution in [2.24, 2.45) is 11.8 Å². The highest BCUT2D eigenvalue weighted by Gasteiger charge is 2.26. The normalized spacial score (nSPS) is 29.3. The van der Waals surface area contributed by atoms with E-state index >= 15 is 0 Å². The molecule has 2 saturated heterocycles. The average molecular weight is 238 g/mol. The minimum atomic E-state index is 0.743. The van der Waals surface area contributed by atoms with Crippen LogP contribution in [-0.4, -0.2) is 48.6 Å². The van der Waals surface area contributed by atoms with Crippen LogP contribution in [0.1, 0.15) is 46.5 Å². The fourth-order valence-electron chi connectivity index (χ4n) is 3.43. The summed E-state index contributed by atoms with van der Waals surface area (Å²) < 4.78 is 0. The predicted octanol–water partition coefficient (Wildman–Crippen LogP) is 2.84. The van der Waals surface area contributed by atoms with Gasteiger partial charge in [0.05, 0.1) is 0 Å². The molecule has 1 unspecified atom stereocenters. The summed E-state index contributed by atoms with van der Waals surface area (Å²) in [5.41, 5.74) is 0. The quantitative estimate of drug-likeness (QED) is 0.743. The number of nitrogens with zero attached hydrogens (tertiary/aromatic N) is 2. The molecule has 0 N–H and O–H groups in total. The smallest absolute Gasteiger partial charge is 0.00385 e. The van der Waals surface area contributed by atoms with Gasteiger partial charge in [-0.25, -0.2) is 0 Å². The Hall–Kier alpha value is -0.0800. The lowest BCUT2D eigenvalue weighted by Crippen LogP contribution is -2.41. The van der Waals surface area contributed by atoms with Crippen LogP contribution in [0.3, 0.4) is 0 Å². The van der Waals surface area contributed by atoms with Crippen LogP contribution >= 0.6 is 0 Å². The van der Waals surface area contributed by atoms with Gasteiger partial charge in [0.15, 0.2) is 0 Å². The first-order valence-corrected chi connectivity index (χ1v) is 7.65. The van der Waals surface area contributed by atoms with Crippen molar-refractivity contribution in [1.29, 1.82) is 0 Å². The minimum absolute atomic E-state index is 0.743. The van der Waals surface area contributed by atoms with Crippen LogP contribution in [0.4, 0.5) is 0 Å². The second-order valence-corrected chi connectivity index (χ2v) is 6.40. The van der Waals surface area contributed by atoms with E-state index in [-0.39, 0.29) is 0 Å². The second-order valence-electron chi connectivity index (χ2n) is 6.40. The number of hydrogen-bond acceptors (Lipinski definition) is 2. The molecule has 0 aromatic rings. The summed E-state index contributed by atoms with van der Waals surface area (Å²) in [5.74, 6) is 1.96. The van der Waals surface area contributed by atoms with Crippen LogP contribution in [0.5, 0.6) is 0 Å². The first-order valence-electron chi connectivity index (χ1n) is 7.65. The monoisotopic (exact) mass is 238 g/mol. The van der Waals surface area contributed by atoms with Crippen molar-refractivity contribution in [3.8, 4) is 0 Å². The van der Waals surface area contributed by atoms with E-state index in [9.17, 15) is 0 Å². The number of piperidine rings is 1. The Kier molecular flexibility index (Phi) is 4.87. The Morgan fingerprint density at radius 3 is 2.18 bits per heavy atom. The molecule has 2 fully saturated rings. The summed E-state index contributed by atoms with van der Waals surface area (Å²) in [6, 6.07) is 0.743. The molecule has 17 heavy (non-hydrogen) atoms. The highest BCUT2D eigenvalue weighted by Crippen LogP contribution is 2.24. The van der Waals surface area contributed by atoms with E-state index in [0.29, 0.717) is 0 Å². The zero-order chi connectivity index (χ0) is 12.3. The lowest BCUT2D eigenvalue weighted by molar-refractivity contribution is 0.127. The van der Waals surface area contributed by atoms with E-state index in [4.69, 9.17) is 0 Å². The van der Waals surface area contributed by atoms with E-state index in [1.807, 2.05) is 0 Å². The minimum Gasteiger partial charge on any atom is -0.303 e. The zero-order valence-corrected chi connectivity index (χ0v) is 12.0. The summed E-state index contributed by atoms with van der Waals surface area (Å²) in [5, 5.41) is 0. The summed E-state index contributed by atoms with van der Waals surface area (Å²) in [7, 11) is 0. The Balaban J connectivity index is 1.68. The highest BCUT2D eigenvalue weighted by molar-refractivity contribution is 4.80. The molecule has 2 rings (SSSR count). The van der Waals surface area contributed by atoms with Crippen molar-refractivity contribution in [1.82, 2.24) is 9.80 Å². The van der Waals surface area contributed by atoms with Crippen molar-refractivity contribution in [2.75, 3.05) is 32.7 Å². The number of rotatable bonds is 4. The molecule has 0 aromatic heterocycles. The van der Waals surface area contributed by atoms with E-state index in [0.717, 1.165) is 17.9 Å². The van der Waals surface area contributed by atoms with Crippen LogP contribution in [0.15, 0.2) is 0 Å². The number of likely N-dealkylation sites (tertiary alicyclic amines) is 2. The molecule has 0 radical (unpaired) electrons. The molecular formula is C15H30N2. The van der Waals surface area contributed by atoms with Gasteiger partial charge in [-0.15, -0.1) is 0 Å². The maximum atomic E-state index is 2.73. The van der Waals surface area contributed by atoms with Gasteiger partial charge in [0.25, 0.3) is 0 Å². The maximum Gasteiger partial charge on any atom is 0.00385 e. The van der Waals surface area contributed by atoms with Crippen LogP contribution in [-0.2, 0) is 0 Å². The van der Waals surface area contributed by atoms with Crippen molar-refractivity contribution in [3.05, 3.63) is 0 Å².